The third-order valence-electron chi connectivity index (χ3n) is 3.25. The van der Waals surface area contributed by atoms with E-state index in [0.29, 0.717) is 17.4 Å². The number of aromatic hydroxyl groups is 1. The van der Waals surface area contributed by atoms with Gasteiger partial charge in [-0.25, -0.2) is 4.98 Å². The lowest BCUT2D eigenvalue weighted by molar-refractivity contribution is 0.1000. The van der Waals surface area contributed by atoms with Crippen molar-refractivity contribution in [1.82, 2.24) is 4.98 Å². The number of para-hydroxylation sites is 1. The van der Waals surface area contributed by atoms with Crippen LogP contribution in [0.5, 0.6) is 5.75 Å². The highest BCUT2D eigenvalue weighted by molar-refractivity contribution is 6.33. The highest BCUT2D eigenvalue weighted by Crippen LogP contribution is 2.27. The van der Waals surface area contributed by atoms with Crippen LogP contribution in [0, 0.1) is 0 Å². The number of anilines is 1. The van der Waals surface area contributed by atoms with Crippen LogP contribution in [0.1, 0.15) is 29.3 Å². The molecular weight excluding hydrogens is 302 g/mol. The number of pyridine rings is 1. The van der Waals surface area contributed by atoms with E-state index in [-0.39, 0.29) is 11.3 Å². The van der Waals surface area contributed by atoms with Crippen LogP contribution in [-0.2, 0) is 6.54 Å². The van der Waals surface area contributed by atoms with Gasteiger partial charge in [-0.3, -0.25) is 4.79 Å². The lowest BCUT2D eigenvalue weighted by atomic mass is 10.2. The number of benzene rings is 1. The van der Waals surface area contributed by atoms with Gasteiger partial charge in [0.25, 0.3) is 0 Å². The van der Waals surface area contributed by atoms with E-state index in [0.717, 1.165) is 18.5 Å². The predicted molar refractivity (Wildman–Crippen MR) is 87.2 cm³/mol. The number of hydrogen-bond donors (Lipinski definition) is 2. The van der Waals surface area contributed by atoms with E-state index in [1.807, 2.05) is 24.0 Å². The predicted octanol–water partition coefficient (Wildman–Crippen LogP) is 2.96. The zero-order chi connectivity index (χ0) is 16.1. The zero-order valence-corrected chi connectivity index (χ0v) is 13.0. The van der Waals surface area contributed by atoms with E-state index in [9.17, 15) is 9.90 Å². The van der Waals surface area contributed by atoms with Crippen LogP contribution in [0.15, 0.2) is 36.5 Å². The van der Waals surface area contributed by atoms with Crippen molar-refractivity contribution in [3.8, 4) is 5.75 Å². The van der Waals surface area contributed by atoms with Gasteiger partial charge in [0, 0.05) is 24.8 Å². The van der Waals surface area contributed by atoms with Crippen LogP contribution in [0.25, 0.3) is 0 Å². The van der Waals surface area contributed by atoms with Crippen LogP contribution in [0.2, 0.25) is 5.02 Å². The molecule has 2 rings (SSSR count). The molecule has 0 unspecified atom stereocenters. The van der Waals surface area contributed by atoms with Crippen molar-refractivity contribution in [2.45, 2.75) is 19.9 Å². The van der Waals surface area contributed by atoms with Crippen molar-refractivity contribution in [1.29, 1.82) is 0 Å². The fraction of sp³-hybridized carbons (Fsp3) is 0.250. The Bertz CT molecular complexity index is 676. The van der Waals surface area contributed by atoms with Crippen molar-refractivity contribution < 1.29 is 9.90 Å². The van der Waals surface area contributed by atoms with Crippen LogP contribution in [0.3, 0.4) is 0 Å². The third kappa shape index (κ3) is 3.68. The monoisotopic (exact) mass is 319 g/mol. The van der Waals surface area contributed by atoms with Gasteiger partial charge in [0.15, 0.2) is 0 Å². The highest BCUT2D eigenvalue weighted by atomic mass is 35.5. The largest absolute Gasteiger partial charge is 0.508 e. The molecule has 0 aliphatic heterocycles. The van der Waals surface area contributed by atoms with Crippen LogP contribution in [-0.4, -0.2) is 22.5 Å². The number of phenols is 1. The Morgan fingerprint density at radius 3 is 2.73 bits per heavy atom. The molecule has 0 saturated carbocycles. The Morgan fingerprint density at radius 2 is 2.14 bits per heavy atom. The summed E-state index contributed by atoms with van der Waals surface area (Å²) in [6, 6.07) is 8.65. The number of aromatic nitrogens is 1. The number of hydrogen-bond acceptors (Lipinski definition) is 4. The standard InChI is InChI=1S/C16H18ClN3O2/c1-2-7-20(10-11-5-3-4-6-14(11)21)16-13(17)8-12(9-19-16)15(18)22/h3-6,8-9,21H,2,7,10H2,1H3,(H2,18,22). The Kier molecular flexibility index (Phi) is 5.22. The van der Waals surface area contributed by atoms with Gasteiger partial charge in [-0.05, 0) is 18.6 Å². The lowest BCUT2D eigenvalue weighted by Gasteiger charge is -2.24. The quantitative estimate of drug-likeness (QED) is 0.858. The van der Waals surface area contributed by atoms with Gasteiger partial charge in [0.1, 0.15) is 11.6 Å². The summed E-state index contributed by atoms with van der Waals surface area (Å²) in [6.07, 6.45) is 2.31. The lowest BCUT2D eigenvalue weighted by Crippen LogP contribution is -2.25. The van der Waals surface area contributed by atoms with E-state index in [1.54, 1.807) is 12.1 Å². The van der Waals surface area contributed by atoms with E-state index in [1.165, 1.54) is 12.3 Å². The average Bonchev–Trinajstić information content (AvgIpc) is 2.49. The van der Waals surface area contributed by atoms with Gasteiger partial charge in [-0.2, -0.15) is 0 Å². The smallest absolute Gasteiger partial charge is 0.250 e. The molecule has 1 aromatic carbocycles. The van der Waals surface area contributed by atoms with Crippen LogP contribution < -0.4 is 10.6 Å². The molecule has 0 fully saturated rings. The molecule has 0 radical (unpaired) electrons. The molecule has 1 heterocycles. The average molecular weight is 320 g/mol. The maximum absolute atomic E-state index is 11.2. The van der Waals surface area contributed by atoms with Gasteiger partial charge in [0.2, 0.25) is 5.91 Å². The topological polar surface area (TPSA) is 79.4 Å². The minimum atomic E-state index is -0.566. The second-order valence-corrected chi connectivity index (χ2v) is 5.35. The molecule has 0 atom stereocenters. The SMILES string of the molecule is CCCN(Cc1ccccc1O)c1ncc(C(N)=O)cc1Cl. The number of primary amides is 1. The molecule has 0 aliphatic carbocycles. The number of nitrogens with zero attached hydrogens (tertiary/aromatic N) is 2. The van der Waals surface area contributed by atoms with Crippen LogP contribution in [0.4, 0.5) is 5.82 Å². The van der Waals surface area contributed by atoms with E-state index in [2.05, 4.69) is 4.98 Å². The number of nitrogens with two attached hydrogens (primary N) is 1. The Morgan fingerprint density at radius 1 is 1.41 bits per heavy atom. The first-order chi connectivity index (χ1) is 10.5. The third-order valence-corrected chi connectivity index (χ3v) is 3.53. The Balaban J connectivity index is 2.32. The van der Waals surface area contributed by atoms with Crippen molar-refractivity contribution in [3.63, 3.8) is 0 Å². The summed E-state index contributed by atoms with van der Waals surface area (Å²) in [6.45, 7) is 3.24. The van der Waals surface area contributed by atoms with Gasteiger partial charge in [0.05, 0.1) is 10.6 Å². The molecule has 6 heteroatoms. The summed E-state index contributed by atoms with van der Waals surface area (Å²) in [4.78, 5) is 17.4. The number of rotatable bonds is 6. The van der Waals surface area contributed by atoms with E-state index in [4.69, 9.17) is 17.3 Å². The summed E-state index contributed by atoms with van der Waals surface area (Å²) < 4.78 is 0. The molecule has 1 amide bonds. The van der Waals surface area contributed by atoms with Gasteiger partial charge < -0.3 is 15.7 Å². The maximum atomic E-state index is 11.2. The highest BCUT2D eigenvalue weighted by Gasteiger charge is 2.15. The summed E-state index contributed by atoms with van der Waals surface area (Å²) in [5.74, 6) is 0.231. The number of carbonyl (C=O) groups is 1. The molecule has 5 nitrogen and oxygen atoms in total. The molecule has 116 valence electrons. The minimum Gasteiger partial charge on any atom is -0.508 e. The fourth-order valence-electron chi connectivity index (χ4n) is 2.18. The normalized spacial score (nSPS) is 10.5. The maximum Gasteiger partial charge on any atom is 0.250 e. The number of phenolic OH excluding ortho intramolecular Hbond substituents is 1. The van der Waals surface area contributed by atoms with Crippen molar-refractivity contribution in [2.75, 3.05) is 11.4 Å². The van der Waals surface area contributed by atoms with E-state index < -0.39 is 5.91 Å². The van der Waals surface area contributed by atoms with Crippen molar-refractivity contribution >= 4 is 23.3 Å². The molecule has 22 heavy (non-hydrogen) atoms. The molecule has 0 spiro atoms. The summed E-state index contributed by atoms with van der Waals surface area (Å²) >= 11 is 6.24. The Labute approximate surface area is 134 Å². The first-order valence-corrected chi connectivity index (χ1v) is 7.38. The van der Waals surface area contributed by atoms with Crippen LogP contribution >= 0.6 is 11.6 Å². The molecule has 0 aliphatic rings. The summed E-state index contributed by atoms with van der Waals surface area (Å²) in [5.41, 5.74) is 6.28. The fourth-order valence-corrected chi connectivity index (χ4v) is 2.46. The first-order valence-electron chi connectivity index (χ1n) is 7.00. The number of halogens is 1. The molecule has 0 saturated heterocycles. The first kappa shape index (κ1) is 16.1. The molecular formula is C16H18ClN3O2. The molecule has 1 aromatic heterocycles. The molecule has 0 bridgehead atoms. The van der Waals surface area contributed by atoms with Gasteiger partial charge in [-0.15, -0.1) is 0 Å². The Hall–Kier alpha value is -2.27. The number of carbonyl (C=O) groups excluding carboxylic acids is 1. The zero-order valence-electron chi connectivity index (χ0n) is 12.3. The number of amides is 1. The van der Waals surface area contributed by atoms with Gasteiger partial charge in [-0.1, -0.05) is 36.7 Å². The minimum absolute atomic E-state index is 0.230. The van der Waals surface area contributed by atoms with E-state index >= 15 is 0 Å². The molecule has 3 N–H and O–H groups in total. The molecule has 2 aromatic rings. The summed E-state index contributed by atoms with van der Waals surface area (Å²) in [5, 5.41) is 10.3. The summed E-state index contributed by atoms with van der Waals surface area (Å²) in [7, 11) is 0. The van der Waals surface area contributed by atoms with Gasteiger partial charge >= 0.3 is 0 Å². The van der Waals surface area contributed by atoms with Crippen molar-refractivity contribution in [3.05, 3.63) is 52.7 Å². The second kappa shape index (κ2) is 7.13. The van der Waals surface area contributed by atoms with Crippen molar-refractivity contribution in [2.24, 2.45) is 5.73 Å². The second-order valence-electron chi connectivity index (χ2n) is 4.94.